The number of benzene rings is 2. The number of morpholine rings is 1. The summed E-state index contributed by atoms with van der Waals surface area (Å²) in [6, 6.07) is 20.0. The first-order valence-corrected chi connectivity index (χ1v) is 10.3. The summed E-state index contributed by atoms with van der Waals surface area (Å²) in [6.45, 7) is 3.79. The Bertz CT molecular complexity index is 930. The summed E-state index contributed by atoms with van der Waals surface area (Å²) in [7, 11) is 0. The number of carbonyl (C=O) groups is 1. The van der Waals surface area contributed by atoms with Gasteiger partial charge in [-0.2, -0.15) is 0 Å². The SMILES string of the molecule is O=C(CCc1nnc(-c2ccccc2)o1)NC[C@@H]1CN(Cc2ccccc2)CCO1. The highest BCUT2D eigenvalue weighted by Crippen LogP contribution is 2.17. The largest absolute Gasteiger partial charge is 0.421 e. The first kappa shape index (κ1) is 20.3. The van der Waals surface area contributed by atoms with Gasteiger partial charge in [-0.1, -0.05) is 48.5 Å². The maximum Gasteiger partial charge on any atom is 0.247 e. The van der Waals surface area contributed by atoms with Crippen molar-refractivity contribution in [1.82, 2.24) is 20.4 Å². The standard InChI is InChI=1S/C23H26N4O3/c28-21(11-12-22-25-26-23(30-22)19-9-5-2-6-10-19)24-15-20-17-27(13-14-29-20)16-18-7-3-1-4-8-18/h1-10,20H,11-17H2,(H,24,28)/t20-/m1/s1. The summed E-state index contributed by atoms with van der Waals surface area (Å²) in [5, 5.41) is 11.1. The Morgan fingerprint density at radius 1 is 1.07 bits per heavy atom. The lowest BCUT2D eigenvalue weighted by Crippen LogP contribution is -2.47. The minimum atomic E-state index is -0.0433. The smallest absolute Gasteiger partial charge is 0.247 e. The Kier molecular flexibility index (Phi) is 6.84. The number of carbonyl (C=O) groups excluding carboxylic acids is 1. The second-order valence-corrected chi connectivity index (χ2v) is 7.38. The van der Waals surface area contributed by atoms with Crippen LogP contribution in [0.2, 0.25) is 0 Å². The van der Waals surface area contributed by atoms with Gasteiger partial charge in [0.05, 0.1) is 12.7 Å². The Morgan fingerprint density at radius 3 is 2.63 bits per heavy atom. The van der Waals surface area contributed by atoms with E-state index in [1.54, 1.807) is 0 Å². The number of amides is 1. The van der Waals surface area contributed by atoms with Crippen LogP contribution in [-0.4, -0.2) is 53.3 Å². The molecule has 0 radical (unpaired) electrons. The summed E-state index contributed by atoms with van der Waals surface area (Å²) in [6.07, 6.45) is 0.716. The third-order valence-corrected chi connectivity index (χ3v) is 5.05. The van der Waals surface area contributed by atoms with Gasteiger partial charge in [-0.25, -0.2) is 0 Å². The highest BCUT2D eigenvalue weighted by atomic mass is 16.5. The fourth-order valence-corrected chi connectivity index (χ4v) is 3.48. The van der Waals surface area contributed by atoms with Crippen LogP contribution < -0.4 is 5.32 Å². The zero-order valence-electron chi connectivity index (χ0n) is 16.9. The Hall–Kier alpha value is -3.03. The molecule has 30 heavy (non-hydrogen) atoms. The van der Waals surface area contributed by atoms with Crippen LogP contribution in [0.15, 0.2) is 65.1 Å². The van der Waals surface area contributed by atoms with Gasteiger partial charge in [-0.05, 0) is 17.7 Å². The zero-order chi connectivity index (χ0) is 20.6. The van der Waals surface area contributed by atoms with Gasteiger partial charge < -0.3 is 14.5 Å². The first-order valence-electron chi connectivity index (χ1n) is 10.3. The molecule has 2 aromatic carbocycles. The number of nitrogens with zero attached hydrogens (tertiary/aromatic N) is 3. The molecule has 156 valence electrons. The number of nitrogens with one attached hydrogen (secondary N) is 1. The summed E-state index contributed by atoms with van der Waals surface area (Å²) in [5.41, 5.74) is 2.16. The van der Waals surface area contributed by atoms with E-state index in [2.05, 4.69) is 44.7 Å². The summed E-state index contributed by atoms with van der Waals surface area (Å²) in [4.78, 5) is 14.6. The average Bonchev–Trinajstić information content (AvgIpc) is 3.27. The van der Waals surface area contributed by atoms with Crippen LogP contribution in [-0.2, 0) is 22.5 Å². The van der Waals surface area contributed by atoms with E-state index >= 15 is 0 Å². The topological polar surface area (TPSA) is 80.5 Å². The Labute approximate surface area is 176 Å². The van der Waals surface area contributed by atoms with Gasteiger partial charge in [0.25, 0.3) is 0 Å². The monoisotopic (exact) mass is 406 g/mol. The van der Waals surface area contributed by atoms with Crippen molar-refractivity contribution in [1.29, 1.82) is 0 Å². The van der Waals surface area contributed by atoms with E-state index in [0.717, 1.165) is 25.2 Å². The average molecular weight is 406 g/mol. The molecule has 7 heteroatoms. The highest BCUT2D eigenvalue weighted by molar-refractivity contribution is 5.76. The van der Waals surface area contributed by atoms with E-state index in [1.807, 2.05) is 36.4 Å². The molecule has 0 aliphatic carbocycles. The molecular weight excluding hydrogens is 380 g/mol. The van der Waals surface area contributed by atoms with E-state index in [1.165, 1.54) is 5.56 Å². The summed E-state index contributed by atoms with van der Waals surface area (Å²) in [5.74, 6) is 0.894. The number of rotatable bonds is 8. The molecule has 7 nitrogen and oxygen atoms in total. The molecule has 1 fully saturated rings. The predicted molar refractivity (Wildman–Crippen MR) is 113 cm³/mol. The molecule has 1 aliphatic rings. The molecule has 1 atom stereocenters. The third kappa shape index (κ3) is 5.75. The van der Waals surface area contributed by atoms with Crippen molar-refractivity contribution in [3.8, 4) is 11.5 Å². The molecule has 1 N–H and O–H groups in total. The zero-order valence-corrected chi connectivity index (χ0v) is 16.9. The fraction of sp³-hybridized carbons (Fsp3) is 0.348. The van der Waals surface area contributed by atoms with Gasteiger partial charge in [0.1, 0.15) is 0 Å². The van der Waals surface area contributed by atoms with Crippen molar-refractivity contribution in [3.63, 3.8) is 0 Å². The van der Waals surface area contributed by atoms with E-state index in [0.29, 0.717) is 37.8 Å². The van der Waals surface area contributed by atoms with E-state index < -0.39 is 0 Å². The normalized spacial score (nSPS) is 17.0. The highest BCUT2D eigenvalue weighted by Gasteiger charge is 2.21. The molecule has 0 unspecified atom stereocenters. The molecule has 3 aromatic rings. The molecule has 1 aromatic heterocycles. The van der Waals surface area contributed by atoms with Crippen molar-refractivity contribution in [2.45, 2.75) is 25.5 Å². The first-order chi connectivity index (χ1) is 14.8. The third-order valence-electron chi connectivity index (χ3n) is 5.05. The Morgan fingerprint density at radius 2 is 1.83 bits per heavy atom. The van der Waals surface area contributed by atoms with Gasteiger partial charge in [0.2, 0.25) is 17.7 Å². The van der Waals surface area contributed by atoms with E-state index in [9.17, 15) is 4.79 Å². The second kappa shape index (κ2) is 10.1. The van der Waals surface area contributed by atoms with Gasteiger partial charge in [0.15, 0.2) is 0 Å². The van der Waals surface area contributed by atoms with Crippen LogP contribution in [0.4, 0.5) is 0 Å². The van der Waals surface area contributed by atoms with Crippen LogP contribution in [0.1, 0.15) is 17.9 Å². The molecule has 0 bridgehead atoms. The lowest BCUT2D eigenvalue weighted by atomic mass is 10.2. The van der Waals surface area contributed by atoms with Crippen LogP contribution in [0.25, 0.3) is 11.5 Å². The lowest BCUT2D eigenvalue weighted by Gasteiger charge is -2.33. The molecular formula is C23H26N4O3. The van der Waals surface area contributed by atoms with E-state index in [4.69, 9.17) is 9.15 Å². The van der Waals surface area contributed by atoms with Gasteiger partial charge in [-0.3, -0.25) is 9.69 Å². The van der Waals surface area contributed by atoms with Crippen molar-refractivity contribution in [3.05, 3.63) is 72.1 Å². The quantitative estimate of drug-likeness (QED) is 0.620. The predicted octanol–water partition coefficient (Wildman–Crippen LogP) is 2.69. The van der Waals surface area contributed by atoms with Crippen LogP contribution in [0.5, 0.6) is 0 Å². The maximum atomic E-state index is 12.2. The van der Waals surface area contributed by atoms with Gasteiger partial charge in [0, 0.05) is 44.6 Å². The van der Waals surface area contributed by atoms with Crippen molar-refractivity contribution < 1.29 is 13.9 Å². The maximum absolute atomic E-state index is 12.2. The molecule has 0 spiro atoms. The van der Waals surface area contributed by atoms with E-state index in [-0.39, 0.29) is 12.0 Å². The number of aryl methyl sites for hydroxylation is 1. The molecule has 0 saturated carbocycles. The molecule has 4 rings (SSSR count). The van der Waals surface area contributed by atoms with Crippen molar-refractivity contribution in [2.75, 3.05) is 26.2 Å². The van der Waals surface area contributed by atoms with Gasteiger partial charge in [-0.15, -0.1) is 10.2 Å². The second-order valence-electron chi connectivity index (χ2n) is 7.38. The van der Waals surface area contributed by atoms with Crippen LogP contribution >= 0.6 is 0 Å². The van der Waals surface area contributed by atoms with Crippen molar-refractivity contribution in [2.24, 2.45) is 0 Å². The molecule has 2 heterocycles. The lowest BCUT2D eigenvalue weighted by molar-refractivity contribution is -0.122. The Balaban J connectivity index is 1.19. The number of ether oxygens (including phenoxy) is 1. The fourth-order valence-electron chi connectivity index (χ4n) is 3.48. The minimum absolute atomic E-state index is 0.000463. The number of hydrogen-bond acceptors (Lipinski definition) is 6. The van der Waals surface area contributed by atoms with Crippen LogP contribution in [0.3, 0.4) is 0 Å². The minimum Gasteiger partial charge on any atom is -0.421 e. The molecule has 1 saturated heterocycles. The number of hydrogen-bond donors (Lipinski definition) is 1. The number of aromatic nitrogens is 2. The van der Waals surface area contributed by atoms with Crippen LogP contribution in [0, 0.1) is 0 Å². The van der Waals surface area contributed by atoms with Crippen molar-refractivity contribution >= 4 is 5.91 Å². The molecule has 1 amide bonds. The summed E-state index contributed by atoms with van der Waals surface area (Å²) >= 11 is 0. The molecule has 1 aliphatic heterocycles. The van der Waals surface area contributed by atoms with Gasteiger partial charge >= 0.3 is 0 Å². The summed E-state index contributed by atoms with van der Waals surface area (Å²) < 4.78 is 11.5.